The normalized spacial score (nSPS) is 18.8. The van der Waals surface area contributed by atoms with Crippen LogP contribution in [0.25, 0.3) is 0 Å². The first kappa shape index (κ1) is 20.3. The molecule has 1 saturated carbocycles. The van der Waals surface area contributed by atoms with Gasteiger partial charge in [0.2, 0.25) is 0 Å². The summed E-state index contributed by atoms with van der Waals surface area (Å²) in [5.41, 5.74) is 6.98. The van der Waals surface area contributed by atoms with Gasteiger partial charge in [0.05, 0.1) is 6.10 Å². The van der Waals surface area contributed by atoms with Gasteiger partial charge in [0.25, 0.3) is 0 Å². The summed E-state index contributed by atoms with van der Waals surface area (Å²) in [6.45, 7) is 7.16. The molecule has 1 aliphatic carbocycles. The van der Waals surface area contributed by atoms with Crippen LogP contribution in [0.5, 0.6) is 0 Å². The van der Waals surface area contributed by atoms with Crippen LogP contribution < -0.4 is 11.1 Å². The van der Waals surface area contributed by atoms with E-state index in [0.29, 0.717) is 17.5 Å². The second-order valence-corrected chi connectivity index (χ2v) is 8.79. The molecule has 142 valence electrons. The van der Waals surface area contributed by atoms with Crippen molar-refractivity contribution in [3.05, 3.63) is 35.4 Å². The molecule has 0 aliphatic heterocycles. The van der Waals surface area contributed by atoms with Crippen molar-refractivity contribution < 1.29 is 13.9 Å². The molecule has 0 heterocycles. The standard InChI is InChI=1S/C20H32F2N2O/c1-19(2,3)5-4-6-20(7-8-20)24-13-18(25)17(23)11-14-9-15(21)12-16(22)10-14/h9-10,12,17-18,24-25H,4-8,11,13,23H2,1-3H3. The van der Waals surface area contributed by atoms with Crippen LogP contribution in [0.3, 0.4) is 0 Å². The SMILES string of the molecule is CC(C)(C)CCCC1(NCC(O)C(N)Cc2cc(F)cc(F)c2)CC1. The van der Waals surface area contributed by atoms with Gasteiger partial charge < -0.3 is 16.2 Å². The topological polar surface area (TPSA) is 58.3 Å². The third-order valence-corrected chi connectivity index (χ3v) is 5.01. The van der Waals surface area contributed by atoms with Gasteiger partial charge in [-0.3, -0.25) is 0 Å². The van der Waals surface area contributed by atoms with Crippen molar-refractivity contribution >= 4 is 0 Å². The maximum absolute atomic E-state index is 13.2. The lowest BCUT2D eigenvalue weighted by Crippen LogP contribution is -2.46. The van der Waals surface area contributed by atoms with Crippen molar-refractivity contribution in [2.24, 2.45) is 11.1 Å². The molecule has 0 saturated heterocycles. The van der Waals surface area contributed by atoms with Crippen LogP contribution in [-0.2, 0) is 6.42 Å². The Morgan fingerprint density at radius 2 is 1.80 bits per heavy atom. The van der Waals surface area contributed by atoms with Gasteiger partial charge in [0.1, 0.15) is 11.6 Å². The number of aliphatic hydroxyl groups is 1. The minimum absolute atomic E-state index is 0.150. The lowest BCUT2D eigenvalue weighted by Gasteiger charge is -2.25. The van der Waals surface area contributed by atoms with Crippen molar-refractivity contribution in [2.45, 2.75) is 77.0 Å². The molecule has 1 aromatic rings. The van der Waals surface area contributed by atoms with E-state index in [9.17, 15) is 13.9 Å². The summed E-state index contributed by atoms with van der Waals surface area (Å²) in [5, 5.41) is 13.8. The van der Waals surface area contributed by atoms with Gasteiger partial charge in [-0.2, -0.15) is 0 Å². The van der Waals surface area contributed by atoms with Crippen LogP contribution in [-0.4, -0.2) is 29.3 Å². The fourth-order valence-corrected chi connectivity index (χ4v) is 3.23. The van der Waals surface area contributed by atoms with Gasteiger partial charge in [0, 0.05) is 24.2 Å². The Hall–Kier alpha value is -1.04. The highest BCUT2D eigenvalue weighted by molar-refractivity contribution is 5.19. The molecular formula is C20H32F2N2O. The molecule has 2 unspecified atom stereocenters. The van der Waals surface area contributed by atoms with E-state index in [1.807, 2.05) is 0 Å². The molecule has 0 amide bonds. The molecule has 0 bridgehead atoms. The third kappa shape index (κ3) is 7.00. The average Bonchev–Trinajstić information content (AvgIpc) is 3.22. The van der Waals surface area contributed by atoms with Crippen LogP contribution >= 0.6 is 0 Å². The first-order valence-electron chi connectivity index (χ1n) is 9.22. The molecule has 1 aliphatic rings. The predicted molar refractivity (Wildman–Crippen MR) is 97.3 cm³/mol. The van der Waals surface area contributed by atoms with Crippen molar-refractivity contribution in [2.75, 3.05) is 6.54 Å². The summed E-state index contributed by atoms with van der Waals surface area (Å²) in [6, 6.07) is 2.80. The fraction of sp³-hybridized carbons (Fsp3) is 0.700. The van der Waals surface area contributed by atoms with E-state index in [1.54, 1.807) is 0 Å². The van der Waals surface area contributed by atoms with Crippen LogP contribution in [0.2, 0.25) is 0 Å². The highest BCUT2D eigenvalue weighted by atomic mass is 19.1. The Labute approximate surface area is 150 Å². The van der Waals surface area contributed by atoms with E-state index in [2.05, 4.69) is 26.1 Å². The van der Waals surface area contributed by atoms with Crippen molar-refractivity contribution in [1.82, 2.24) is 5.32 Å². The zero-order valence-electron chi connectivity index (χ0n) is 15.6. The molecule has 25 heavy (non-hydrogen) atoms. The van der Waals surface area contributed by atoms with Crippen LogP contribution in [0.4, 0.5) is 8.78 Å². The van der Waals surface area contributed by atoms with Crippen LogP contribution in [0, 0.1) is 17.0 Å². The lowest BCUT2D eigenvalue weighted by molar-refractivity contribution is 0.135. The zero-order chi connectivity index (χ0) is 18.7. The number of hydrogen-bond acceptors (Lipinski definition) is 3. The first-order chi connectivity index (χ1) is 11.6. The Bertz CT molecular complexity index is 547. The van der Waals surface area contributed by atoms with E-state index < -0.39 is 23.8 Å². The van der Waals surface area contributed by atoms with Gasteiger partial charge in [-0.15, -0.1) is 0 Å². The minimum Gasteiger partial charge on any atom is -0.390 e. The first-order valence-corrected chi connectivity index (χ1v) is 9.22. The van der Waals surface area contributed by atoms with Gasteiger partial charge in [0.15, 0.2) is 0 Å². The van der Waals surface area contributed by atoms with E-state index in [0.717, 1.165) is 25.3 Å². The van der Waals surface area contributed by atoms with E-state index in [1.165, 1.54) is 25.0 Å². The van der Waals surface area contributed by atoms with E-state index in [4.69, 9.17) is 5.73 Å². The summed E-state index contributed by atoms with van der Waals surface area (Å²) >= 11 is 0. The highest BCUT2D eigenvalue weighted by Crippen LogP contribution is 2.41. The predicted octanol–water partition coefficient (Wildman–Crippen LogP) is 3.53. The van der Waals surface area contributed by atoms with Crippen LogP contribution in [0.15, 0.2) is 18.2 Å². The van der Waals surface area contributed by atoms with Gasteiger partial charge >= 0.3 is 0 Å². The quantitative estimate of drug-likeness (QED) is 0.636. The average molecular weight is 354 g/mol. The molecular weight excluding hydrogens is 322 g/mol. The largest absolute Gasteiger partial charge is 0.390 e. The molecule has 3 nitrogen and oxygen atoms in total. The molecule has 2 atom stereocenters. The molecule has 1 aromatic carbocycles. The number of aliphatic hydroxyl groups excluding tert-OH is 1. The summed E-state index contributed by atoms with van der Waals surface area (Å²) in [5.74, 6) is -1.24. The fourth-order valence-electron chi connectivity index (χ4n) is 3.23. The maximum atomic E-state index is 13.2. The smallest absolute Gasteiger partial charge is 0.126 e. The van der Waals surface area contributed by atoms with Crippen molar-refractivity contribution in [3.63, 3.8) is 0 Å². The summed E-state index contributed by atoms with van der Waals surface area (Å²) in [6.07, 6.45) is 5.23. The molecule has 2 rings (SSSR count). The zero-order valence-corrected chi connectivity index (χ0v) is 15.6. The summed E-state index contributed by atoms with van der Waals surface area (Å²) in [4.78, 5) is 0. The van der Waals surface area contributed by atoms with Crippen molar-refractivity contribution in [1.29, 1.82) is 0 Å². The number of rotatable bonds is 9. The molecule has 4 N–H and O–H groups in total. The molecule has 5 heteroatoms. The number of β-amino-alcohol motifs (C(OH)–C–C–N with tert-alkyl or cyclic N) is 1. The number of hydrogen-bond donors (Lipinski definition) is 3. The number of benzene rings is 1. The van der Waals surface area contributed by atoms with Gasteiger partial charge in [-0.1, -0.05) is 27.2 Å². The second kappa shape index (κ2) is 8.11. The van der Waals surface area contributed by atoms with Gasteiger partial charge in [-0.05, 0) is 55.2 Å². The highest BCUT2D eigenvalue weighted by Gasteiger charge is 2.42. The van der Waals surface area contributed by atoms with Crippen LogP contribution in [0.1, 0.15) is 58.4 Å². The monoisotopic (exact) mass is 354 g/mol. The number of nitrogens with two attached hydrogens (primary N) is 1. The Kier molecular flexibility index (Phi) is 6.57. The molecule has 1 fully saturated rings. The molecule has 0 spiro atoms. The molecule has 0 aromatic heterocycles. The van der Waals surface area contributed by atoms with Gasteiger partial charge in [-0.25, -0.2) is 8.78 Å². The maximum Gasteiger partial charge on any atom is 0.126 e. The second-order valence-electron chi connectivity index (χ2n) is 8.79. The van der Waals surface area contributed by atoms with E-state index in [-0.39, 0.29) is 12.0 Å². The summed E-state index contributed by atoms with van der Waals surface area (Å²) in [7, 11) is 0. The Morgan fingerprint density at radius 1 is 1.20 bits per heavy atom. The third-order valence-electron chi connectivity index (χ3n) is 5.01. The minimum atomic E-state index is -0.744. The Balaban J connectivity index is 1.76. The lowest BCUT2D eigenvalue weighted by atomic mass is 9.88. The Morgan fingerprint density at radius 3 is 2.32 bits per heavy atom. The van der Waals surface area contributed by atoms with Crippen molar-refractivity contribution in [3.8, 4) is 0 Å². The number of halogens is 2. The summed E-state index contributed by atoms with van der Waals surface area (Å²) < 4.78 is 26.5. The number of nitrogens with one attached hydrogen (secondary N) is 1. The van der Waals surface area contributed by atoms with E-state index >= 15 is 0 Å². The molecule has 0 radical (unpaired) electrons.